The topological polar surface area (TPSA) is 85.2 Å². The van der Waals surface area contributed by atoms with E-state index in [1.54, 1.807) is 24.3 Å². The third-order valence-corrected chi connectivity index (χ3v) is 3.07. The number of benzene rings is 1. The minimum absolute atomic E-state index is 0.0278. The highest BCUT2D eigenvalue weighted by Crippen LogP contribution is 2.08. The Labute approximate surface area is 117 Å². The predicted octanol–water partition coefficient (Wildman–Crippen LogP) is 0.319. The molecule has 1 saturated heterocycles. The molecule has 0 unspecified atom stereocenters. The fourth-order valence-electron chi connectivity index (χ4n) is 2.00. The van der Waals surface area contributed by atoms with Crippen LogP contribution in [-0.4, -0.2) is 42.9 Å². The molecular weight excluding hydrogens is 256 g/mol. The van der Waals surface area contributed by atoms with Crippen molar-refractivity contribution in [2.75, 3.05) is 31.5 Å². The quantitative estimate of drug-likeness (QED) is 0.829. The number of nitrogens with one attached hydrogen (secondary N) is 2. The molecule has 6 heteroatoms. The molecule has 20 heavy (non-hydrogen) atoms. The van der Waals surface area contributed by atoms with Gasteiger partial charge in [-0.2, -0.15) is 5.26 Å². The number of nitrogens with zero attached hydrogens (tertiary/aromatic N) is 2. The first kappa shape index (κ1) is 14.0. The number of hydrogen-bond donors (Lipinski definition) is 2. The SMILES string of the molecule is N#Cc1ccc(NC(=O)CN2CCNC(=O)CC2)cc1. The maximum Gasteiger partial charge on any atom is 0.238 e. The van der Waals surface area contributed by atoms with Crippen LogP contribution in [0.4, 0.5) is 5.69 Å². The van der Waals surface area contributed by atoms with Crippen LogP contribution in [0.1, 0.15) is 12.0 Å². The lowest BCUT2D eigenvalue weighted by Crippen LogP contribution is -2.35. The van der Waals surface area contributed by atoms with Crippen LogP contribution in [0.5, 0.6) is 0 Å². The molecule has 0 spiro atoms. The van der Waals surface area contributed by atoms with Crippen LogP contribution >= 0.6 is 0 Å². The highest BCUT2D eigenvalue weighted by molar-refractivity contribution is 5.92. The number of amides is 2. The van der Waals surface area contributed by atoms with Gasteiger partial charge in [-0.1, -0.05) is 0 Å². The molecule has 1 aromatic rings. The fraction of sp³-hybridized carbons (Fsp3) is 0.357. The second-order valence-electron chi connectivity index (χ2n) is 4.61. The van der Waals surface area contributed by atoms with E-state index in [1.165, 1.54) is 0 Å². The van der Waals surface area contributed by atoms with Crippen molar-refractivity contribution in [3.05, 3.63) is 29.8 Å². The summed E-state index contributed by atoms with van der Waals surface area (Å²) in [5, 5.41) is 14.2. The lowest BCUT2D eigenvalue weighted by molar-refractivity contribution is -0.121. The number of hydrogen-bond acceptors (Lipinski definition) is 4. The van der Waals surface area contributed by atoms with Gasteiger partial charge in [0.25, 0.3) is 0 Å². The van der Waals surface area contributed by atoms with Gasteiger partial charge in [0.2, 0.25) is 11.8 Å². The molecule has 1 fully saturated rings. The summed E-state index contributed by atoms with van der Waals surface area (Å²) in [6.07, 6.45) is 0.421. The first-order valence-corrected chi connectivity index (χ1v) is 6.46. The van der Waals surface area contributed by atoms with E-state index in [0.29, 0.717) is 37.3 Å². The van der Waals surface area contributed by atoms with Crippen molar-refractivity contribution in [2.45, 2.75) is 6.42 Å². The molecule has 1 heterocycles. The second kappa shape index (κ2) is 6.68. The lowest BCUT2D eigenvalue weighted by atomic mass is 10.2. The van der Waals surface area contributed by atoms with Gasteiger partial charge < -0.3 is 10.6 Å². The molecule has 0 bridgehead atoms. The van der Waals surface area contributed by atoms with Gasteiger partial charge in [0, 0.05) is 31.7 Å². The van der Waals surface area contributed by atoms with Crippen LogP contribution in [0.2, 0.25) is 0 Å². The molecule has 0 atom stereocenters. The summed E-state index contributed by atoms with van der Waals surface area (Å²) in [7, 11) is 0. The summed E-state index contributed by atoms with van der Waals surface area (Å²) in [6.45, 7) is 2.09. The molecule has 1 aliphatic rings. The van der Waals surface area contributed by atoms with Crippen molar-refractivity contribution in [3.63, 3.8) is 0 Å². The Kier molecular flexibility index (Phi) is 4.69. The Balaban J connectivity index is 1.85. The average molecular weight is 272 g/mol. The zero-order chi connectivity index (χ0) is 14.4. The van der Waals surface area contributed by atoms with Crippen LogP contribution in [0.3, 0.4) is 0 Å². The van der Waals surface area contributed by atoms with Crippen LogP contribution in [0.15, 0.2) is 24.3 Å². The number of rotatable bonds is 3. The molecule has 1 aliphatic heterocycles. The van der Waals surface area contributed by atoms with Crippen molar-refractivity contribution in [1.29, 1.82) is 5.26 Å². The summed E-state index contributed by atoms with van der Waals surface area (Å²) in [5.74, 6) is -0.0935. The summed E-state index contributed by atoms with van der Waals surface area (Å²) in [5.41, 5.74) is 1.22. The maximum atomic E-state index is 11.9. The molecule has 0 aromatic heterocycles. The van der Waals surface area contributed by atoms with Gasteiger partial charge in [0.1, 0.15) is 0 Å². The molecule has 2 rings (SSSR count). The highest BCUT2D eigenvalue weighted by atomic mass is 16.2. The molecule has 2 amide bonds. The summed E-state index contributed by atoms with van der Waals surface area (Å²) >= 11 is 0. The molecule has 104 valence electrons. The van der Waals surface area contributed by atoms with E-state index >= 15 is 0 Å². The van der Waals surface area contributed by atoms with Crippen molar-refractivity contribution in [3.8, 4) is 6.07 Å². The number of carbonyl (C=O) groups excluding carboxylic acids is 2. The van der Waals surface area contributed by atoms with Crippen LogP contribution in [0, 0.1) is 11.3 Å². The van der Waals surface area contributed by atoms with E-state index < -0.39 is 0 Å². The van der Waals surface area contributed by atoms with Gasteiger partial charge in [0.05, 0.1) is 18.2 Å². The maximum absolute atomic E-state index is 11.9. The first-order chi connectivity index (χ1) is 9.67. The summed E-state index contributed by atoms with van der Waals surface area (Å²) < 4.78 is 0. The van der Waals surface area contributed by atoms with E-state index in [1.807, 2.05) is 11.0 Å². The molecule has 2 N–H and O–H groups in total. The minimum Gasteiger partial charge on any atom is -0.355 e. The molecule has 0 saturated carbocycles. The lowest BCUT2D eigenvalue weighted by Gasteiger charge is -2.18. The van der Waals surface area contributed by atoms with Crippen LogP contribution in [-0.2, 0) is 9.59 Å². The zero-order valence-corrected chi connectivity index (χ0v) is 11.1. The second-order valence-corrected chi connectivity index (χ2v) is 4.61. The van der Waals surface area contributed by atoms with Crippen LogP contribution < -0.4 is 10.6 Å². The zero-order valence-electron chi connectivity index (χ0n) is 11.1. The average Bonchev–Trinajstić information content (AvgIpc) is 2.64. The van der Waals surface area contributed by atoms with Gasteiger partial charge in [-0.05, 0) is 24.3 Å². The van der Waals surface area contributed by atoms with E-state index in [-0.39, 0.29) is 18.4 Å². The van der Waals surface area contributed by atoms with Gasteiger partial charge in [-0.3, -0.25) is 14.5 Å². The van der Waals surface area contributed by atoms with Crippen molar-refractivity contribution < 1.29 is 9.59 Å². The first-order valence-electron chi connectivity index (χ1n) is 6.46. The Morgan fingerprint density at radius 1 is 1.35 bits per heavy atom. The number of carbonyl (C=O) groups is 2. The van der Waals surface area contributed by atoms with E-state index in [4.69, 9.17) is 5.26 Å². The van der Waals surface area contributed by atoms with Crippen molar-refractivity contribution >= 4 is 17.5 Å². The third kappa shape index (κ3) is 4.07. The molecule has 6 nitrogen and oxygen atoms in total. The van der Waals surface area contributed by atoms with E-state index in [0.717, 1.165) is 0 Å². The van der Waals surface area contributed by atoms with Crippen molar-refractivity contribution in [2.24, 2.45) is 0 Å². The standard InChI is InChI=1S/C14H16N4O2/c15-9-11-1-3-12(4-2-11)17-14(20)10-18-7-5-13(19)16-6-8-18/h1-4H,5-8,10H2,(H,16,19)(H,17,20). The van der Waals surface area contributed by atoms with Gasteiger partial charge in [-0.15, -0.1) is 0 Å². The Morgan fingerprint density at radius 3 is 2.80 bits per heavy atom. The van der Waals surface area contributed by atoms with Crippen LogP contribution in [0.25, 0.3) is 0 Å². The highest BCUT2D eigenvalue weighted by Gasteiger charge is 2.15. The molecular formula is C14H16N4O2. The monoisotopic (exact) mass is 272 g/mol. The van der Waals surface area contributed by atoms with E-state index in [9.17, 15) is 9.59 Å². The normalized spacial score (nSPS) is 15.8. The molecule has 1 aromatic carbocycles. The summed E-state index contributed by atoms with van der Waals surface area (Å²) in [6, 6.07) is 8.73. The predicted molar refractivity (Wildman–Crippen MR) is 73.9 cm³/mol. The molecule has 0 aliphatic carbocycles. The number of anilines is 1. The Hall–Kier alpha value is -2.39. The minimum atomic E-state index is -0.121. The number of nitriles is 1. The Morgan fingerprint density at radius 2 is 2.10 bits per heavy atom. The summed E-state index contributed by atoms with van der Waals surface area (Å²) in [4.78, 5) is 25.0. The smallest absolute Gasteiger partial charge is 0.238 e. The van der Waals surface area contributed by atoms with Gasteiger partial charge in [0.15, 0.2) is 0 Å². The third-order valence-electron chi connectivity index (χ3n) is 3.07. The largest absolute Gasteiger partial charge is 0.355 e. The Bertz CT molecular complexity index is 533. The van der Waals surface area contributed by atoms with Gasteiger partial charge in [-0.25, -0.2) is 0 Å². The van der Waals surface area contributed by atoms with E-state index in [2.05, 4.69) is 10.6 Å². The molecule has 0 radical (unpaired) electrons. The van der Waals surface area contributed by atoms with Crippen molar-refractivity contribution in [1.82, 2.24) is 10.2 Å². The van der Waals surface area contributed by atoms with Gasteiger partial charge >= 0.3 is 0 Å². The fourth-order valence-corrected chi connectivity index (χ4v) is 2.00.